The van der Waals surface area contributed by atoms with E-state index in [0.29, 0.717) is 32.5 Å². The summed E-state index contributed by atoms with van der Waals surface area (Å²) in [6, 6.07) is 19.2. The predicted molar refractivity (Wildman–Crippen MR) is 122 cm³/mol. The number of rotatable bonds is 7. The van der Waals surface area contributed by atoms with Gasteiger partial charge in [-0.25, -0.2) is 10.2 Å². The van der Waals surface area contributed by atoms with E-state index in [1.807, 2.05) is 0 Å². The molecule has 0 heterocycles. The SMILES string of the molecule is O=C(CNC(=O)c1ccc(Cl)cc1)NN=Cc1ccc(OC(=O)c2ccc(Cl)cc2)cc1. The summed E-state index contributed by atoms with van der Waals surface area (Å²) < 4.78 is 5.29. The number of benzene rings is 3. The predicted octanol–water partition coefficient (Wildman–Crippen LogP) is 4.09. The first-order valence-electron chi connectivity index (χ1n) is 9.34. The zero-order valence-corrected chi connectivity index (χ0v) is 18.1. The third-order valence-corrected chi connectivity index (χ3v) is 4.59. The topological polar surface area (TPSA) is 96.9 Å². The smallest absolute Gasteiger partial charge is 0.343 e. The highest BCUT2D eigenvalue weighted by atomic mass is 35.5. The van der Waals surface area contributed by atoms with E-state index in [2.05, 4.69) is 15.8 Å². The molecule has 0 aliphatic carbocycles. The Morgan fingerprint density at radius 3 is 1.97 bits per heavy atom. The maximum absolute atomic E-state index is 12.1. The summed E-state index contributed by atoms with van der Waals surface area (Å²) in [5.74, 6) is -1.03. The number of hydrazone groups is 1. The first kappa shape index (κ1) is 23.0. The molecule has 0 saturated carbocycles. The van der Waals surface area contributed by atoms with Crippen LogP contribution in [-0.2, 0) is 4.79 Å². The van der Waals surface area contributed by atoms with E-state index in [1.54, 1.807) is 72.8 Å². The highest BCUT2D eigenvalue weighted by molar-refractivity contribution is 6.31. The number of carbonyl (C=O) groups is 3. The molecule has 2 N–H and O–H groups in total. The van der Waals surface area contributed by atoms with E-state index < -0.39 is 17.8 Å². The molecule has 0 fully saturated rings. The van der Waals surface area contributed by atoms with Crippen LogP contribution in [0.5, 0.6) is 5.75 Å². The van der Waals surface area contributed by atoms with Crippen molar-refractivity contribution in [2.45, 2.75) is 0 Å². The molecule has 0 aliphatic rings. The Hall–Kier alpha value is -3.68. The van der Waals surface area contributed by atoms with E-state index in [4.69, 9.17) is 27.9 Å². The van der Waals surface area contributed by atoms with Crippen molar-refractivity contribution < 1.29 is 19.1 Å². The average Bonchev–Trinajstić information content (AvgIpc) is 2.79. The third kappa shape index (κ3) is 6.94. The van der Waals surface area contributed by atoms with Gasteiger partial charge >= 0.3 is 5.97 Å². The third-order valence-electron chi connectivity index (χ3n) is 4.09. The zero-order chi connectivity index (χ0) is 22.9. The van der Waals surface area contributed by atoms with Crippen LogP contribution in [0.3, 0.4) is 0 Å². The summed E-state index contributed by atoms with van der Waals surface area (Å²) in [6.07, 6.45) is 1.42. The summed E-state index contributed by atoms with van der Waals surface area (Å²) in [4.78, 5) is 35.9. The van der Waals surface area contributed by atoms with E-state index in [1.165, 1.54) is 6.21 Å². The quantitative estimate of drug-likeness (QED) is 0.235. The summed E-state index contributed by atoms with van der Waals surface area (Å²) in [7, 11) is 0. The minimum Gasteiger partial charge on any atom is -0.423 e. The molecule has 7 nitrogen and oxygen atoms in total. The lowest BCUT2D eigenvalue weighted by molar-refractivity contribution is -0.120. The van der Waals surface area contributed by atoms with Gasteiger partial charge in [-0.05, 0) is 78.4 Å². The Balaban J connectivity index is 1.44. The van der Waals surface area contributed by atoms with Crippen molar-refractivity contribution in [2.24, 2.45) is 5.10 Å². The molecule has 0 saturated heterocycles. The average molecular weight is 470 g/mol. The first-order valence-corrected chi connectivity index (χ1v) is 10.1. The molecule has 0 spiro atoms. The Morgan fingerprint density at radius 2 is 1.38 bits per heavy atom. The normalized spacial score (nSPS) is 10.6. The largest absolute Gasteiger partial charge is 0.423 e. The minimum absolute atomic E-state index is 0.238. The molecule has 3 aromatic rings. The van der Waals surface area contributed by atoms with Crippen LogP contribution in [0.15, 0.2) is 77.9 Å². The fourth-order valence-corrected chi connectivity index (χ4v) is 2.71. The number of ether oxygens (including phenoxy) is 1. The molecule has 0 aromatic heterocycles. The Bertz CT molecular complexity index is 1130. The van der Waals surface area contributed by atoms with E-state index in [9.17, 15) is 14.4 Å². The molecular weight excluding hydrogens is 453 g/mol. The van der Waals surface area contributed by atoms with Crippen molar-refractivity contribution in [3.63, 3.8) is 0 Å². The number of esters is 1. The number of nitrogens with zero attached hydrogens (tertiary/aromatic N) is 1. The van der Waals surface area contributed by atoms with Crippen LogP contribution in [0, 0.1) is 0 Å². The maximum atomic E-state index is 12.1. The molecular formula is C23H17Cl2N3O4. The van der Waals surface area contributed by atoms with Crippen molar-refractivity contribution in [2.75, 3.05) is 6.54 Å². The van der Waals surface area contributed by atoms with Gasteiger partial charge in [0.1, 0.15) is 5.75 Å². The van der Waals surface area contributed by atoms with Gasteiger partial charge in [0, 0.05) is 15.6 Å². The summed E-state index contributed by atoms with van der Waals surface area (Å²) in [5.41, 5.74) is 3.76. The van der Waals surface area contributed by atoms with Crippen molar-refractivity contribution in [3.8, 4) is 5.75 Å². The maximum Gasteiger partial charge on any atom is 0.343 e. The van der Waals surface area contributed by atoms with Crippen molar-refractivity contribution in [3.05, 3.63) is 99.5 Å². The van der Waals surface area contributed by atoms with Gasteiger partial charge in [0.05, 0.1) is 18.3 Å². The molecule has 0 radical (unpaired) electrons. The fourth-order valence-electron chi connectivity index (χ4n) is 2.46. The van der Waals surface area contributed by atoms with Crippen molar-refractivity contribution in [1.82, 2.24) is 10.7 Å². The van der Waals surface area contributed by atoms with Gasteiger partial charge in [-0.1, -0.05) is 23.2 Å². The van der Waals surface area contributed by atoms with E-state index >= 15 is 0 Å². The Morgan fingerprint density at radius 1 is 0.812 bits per heavy atom. The lowest BCUT2D eigenvalue weighted by Crippen LogP contribution is -2.34. The second kappa shape index (κ2) is 11.1. The van der Waals surface area contributed by atoms with Gasteiger partial charge in [-0.3, -0.25) is 9.59 Å². The summed E-state index contributed by atoms with van der Waals surface area (Å²) in [5, 5.41) is 7.37. The van der Waals surface area contributed by atoms with Gasteiger partial charge in [-0.15, -0.1) is 0 Å². The minimum atomic E-state index is -0.504. The van der Waals surface area contributed by atoms with Gasteiger partial charge in [-0.2, -0.15) is 5.10 Å². The van der Waals surface area contributed by atoms with Crippen LogP contribution >= 0.6 is 23.2 Å². The fraction of sp³-hybridized carbons (Fsp3) is 0.0435. The van der Waals surface area contributed by atoms with Crippen molar-refractivity contribution in [1.29, 1.82) is 0 Å². The molecule has 2 amide bonds. The monoisotopic (exact) mass is 469 g/mol. The summed E-state index contributed by atoms with van der Waals surface area (Å²) >= 11 is 11.6. The molecule has 0 aliphatic heterocycles. The van der Waals surface area contributed by atoms with Gasteiger partial charge in [0.2, 0.25) is 0 Å². The van der Waals surface area contributed by atoms with Crippen LogP contribution in [0.4, 0.5) is 0 Å². The lowest BCUT2D eigenvalue weighted by atomic mass is 10.2. The molecule has 0 bridgehead atoms. The van der Waals surface area contributed by atoms with Gasteiger partial charge in [0.15, 0.2) is 0 Å². The second-order valence-corrected chi connectivity index (χ2v) is 7.32. The van der Waals surface area contributed by atoms with Crippen LogP contribution in [0.2, 0.25) is 10.0 Å². The number of nitrogens with one attached hydrogen (secondary N) is 2. The summed E-state index contributed by atoms with van der Waals surface area (Å²) in [6.45, 7) is -0.238. The number of hydrogen-bond donors (Lipinski definition) is 2. The van der Waals surface area contributed by atoms with Crippen LogP contribution < -0.4 is 15.5 Å². The molecule has 0 unspecified atom stereocenters. The second-order valence-electron chi connectivity index (χ2n) is 6.45. The molecule has 0 atom stereocenters. The molecule has 32 heavy (non-hydrogen) atoms. The lowest BCUT2D eigenvalue weighted by Gasteiger charge is -2.05. The number of amides is 2. The number of carbonyl (C=O) groups excluding carboxylic acids is 3. The molecule has 9 heteroatoms. The van der Waals surface area contributed by atoms with Crippen LogP contribution in [0.1, 0.15) is 26.3 Å². The number of halogens is 2. The highest BCUT2D eigenvalue weighted by Crippen LogP contribution is 2.15. The van der Waals surface area contributed by atoms with Gasteiger partial charge < -0.3 is 10.1 Å². The molecule has 3 aromatic carbocycles. The zero-order valence-electron chi connectivity index (χ0n) is 16.5. The Labute approximate surface area is 194 Å². The number of hydrogen-bond acceptors (Lipinski definition) is 5. The van der Waals surface area contributed by atoms with Crippen LogP contribution in [0.25, 0.3) is 0 Å². The standard InChI is InChI=1S/C23H17Cl2N3O4/c24-18-7-3-16(4-8-18)22(30)26-14-21(29)28-27-13-15-1-11-20(12-2-15)32-23(31)17-5-9-19(25)10-6-17/h1-13H,14H2,(H,26,30)(H,28,29). The molecule has 3 rings (SSSR count). The first-order chi connectivity index (χ1) is 15.4. The van der Waals surface area contributed by atoms with Gasteiger partial charge in [0.25, 0.3) is 11.8 Å². The van der Waals surface area contributed by atoms with Crippen LogP contribution in [-0.4, -0.2) is 30.5 Å². The Kier molecular flexibility index (Phi) is 7.96. The van der Waals surface area contributed by atoms with E-state index in [-0.39, 0.29) is 6.54 Å². The van der Waals surface area contributed by atoms with E-state index in [0.717, 1.165) is 0 Å². The highest BCUT2D eigenvalue weighted by Gasteiger charge is 2.09. The molecule has 162 valence electrons. The van der Waals surface area contributed by atoms with Crippen molar-refractivity contribution >= 4 is 47.2 Å².